The van der Waals surface area contributed by atoms with E-state index in [1.165, 1.54) is 6.20 Å². The zero-order valence-corrected chi connectivity index (χ0v) is 17.3. The largest absolute Gasteiger partial charge is 0.421 e. The molecule has 32 heavy (non-hydrogen) atoms. The van der Waals surface area contributed by atoms with Crippen molar-refractivity contribution in [3.05, 3.63) is 36.3 Å². The molecule has 4 rings (SSSR count). The van der Waals surface area contributed by atoms with E-state index in [-0.39, 0.29) is 42.7 Å². The van der Waals surface area contributed by atoms with Crippen molar-refractivity contribution < 1.29 is 23.1 Å². The van der Waals surface area contributed by atoms with E-state index in [4.69, 9.17) is 5.11 Å². The fourth-order valence-electron chi connectivity index (χ4n) is 4.32. The number of nitrogens with zero attached hydrogens (tertiary/aromatic N) is 4. The van der Waals surface area contributed by atoms with E-state index >= 15 is 0 Å². The monoisotopic (exact) mass is 451 g/mol. The molecule has 0 aliphatic heterocycles. The molecule has 2 aromatic heterocycles. The van der Waals surface area contributed by atoms with Crippen molar-refractivity contribution in [2.24, 2.45) is 17.8 Å². The molecule has 0 saturated heterocycles. The minimum atomic E-state index is -4.67. The van der Waals surface area contributed by atoms with Crippen LogP contribution in [0.4, 0.5) is 30.6 Å². The van der Waals surface area contributed by atoms with Crippen molar-refractivity contribution in [3.8, 4) is 0 Å². The first kappa shape index (κ1) is 22.1. The maximum Gasteiger partial charge on any atom is 0.421 e. The molecule has 0 spiro atoms. The van der Waals surface area contributed by atoms with Crippen LogP contribution in [0.25, 0.3) is 0 Å². The number of carbonyl (C=O) groups excluding carboxylic acids is 1. The molecule has 2 aliphatic carbocycles. The number of aromatic nitrogens is 4. The van der Waals surface area contributed by atoms with Crippen molar-refractivity contribution in [1.82, 2.24) is 25.1 Å². The van der Waals surface area contributed by atoms with Crippen LogP contribution in [0.2, 0.25) is 0 Å². The summed E-state index contributed by atoms with van der Waals surface area (Å²) in [5.41, 5.74) is -0.463. The number of carbonyl (C=O) groups is 1. The molecule has 1 saturated carbocycles. The van der Waals surface area contributed by atoms with Crippen LogP contribution in [0.3, 0.4) is 0 Å². The number of nitrogens with one attached hydrogen (secondary N) is 3. The van der Waals surface area contributed by atoms with E-state index in [0.717, 1.165) is 6.20 Å². The summed E-state index contributed by atoms with van der Waals surface area (Å²) >= 11 is 0. The van der Waals surface area contributed by atoms with E-state index in [2.05, 4.69) is 31.0 Å². The predicted octanol–water partition coefficient (Wildman–Crippen LogP) is 2.17. The molecule has 172 valence electrons. The van der Waals surface area contributed by atoms with Crippen molar-refractivity contribution in [3.63, 3.8) is 0 Å². The molecule has 2 bridgehead atoms. The van der Waals surface area contributed by atoms with Crippen molar-refractivity contribution >= 4 is 23.4 Å². The van der Waals surface area contributed by atoms with Gasteiger partial charge in [-0.05, 0) is 25.2 Å². The van der Waals surface area contributed by atoms with Crippen LogP contribution in [0, 0.1) is 17.8 Å². The highest BCUT2D eigenvalue weighted by Gasteiger charge is 2.49. The molecule has 4 N–H and O–H groups in total. The van der Waals surface area contributed by atoms with Crippen molar-refractivity contribution in [2.45, 2.75) is 32.1 Å². The molecule has 9 nitrogen and oxygen atoms in total. The third kappa shape index (κ3) is 4.40. The quantitative estimate of drug-likeness (QED) is 0.455. The molecule has 2 heterocycles. The summed E-state index contributed by atoms with van der Waals surface area (Å²) in [6.45, 7) is 2.42. The molecular weight excluding hydrogens is 427 g/mol. The number of halogens is 3. The summed E-state index contributed by atoms with van der Waals surface area (Å²) in [6, 6.07) is -0.560. The second kappa shape index (κ2) is 8.77. The maximum absolute atomic E-state index is 13.7. The summed E-state index contributed by atoms with van der Waals surface area (Å²) in [5, 5.41) is 21.5. The Morgan fingerprint density at radius 2 is 2.06 bits per heavy atom. The highest BCUT2D eigenvalue weighted by Crippen LogP contribution is 2.46. The third-order valence-electron chi connectivity index (χ3n) is 5.78. The summed E-state index contributed by atoms with van der Waals surface area (Å²) in [4.78, 5) is 20.5. The first-order valence-electron chi connectivity index (χ1n) is 10.4. The number of amides is 1. The Morgan fingerprint density at radius 1 is 1.28 bits per heavy atom. The molecule has 4 atom stereocenters. The molecule has 12 heteroatoms. The number of aryl methyl sites for hydroxylation is 1. The van der Waals surface area contributed by atoms with Gasteiger partial charge in [0.2, 0.25) is 11.9 Å². The normalized spacial score (nSPS) is 24.0. The second-order valence-corrected chi connectivity index (χ2v) is 7.82. The van der Waals surface area contributed by atoms with Crippen LogP contribution in [-0.2, 0) is 17.5 Å². The van der Waals surface area contributed by atoms with Crippen molar-refractivity contribution in [2.75, 3.05) is 23.8 Å². The Balaban J connectivity index is 1.61. The van der Waals surface area contributed by atoms with E-state index in [1.54, 1.807) is 10.9 Å². The fraction of sp³-hybridized carbons (Fsp3) is 0.500. The highest BCUT2D eigenvalue weighted by atomic mass is 19.4. The van der Waals surface area contributed by atoms with Crippen LogP contribution in [0.15, 0.2) is 30.7 Å². The van der Waals surface area contributed by atoms with E-state index in [1.807, 2.05) is 19.1 Å². The zero-order valence-electron chi connectivity index (χ0n) is 17.3. The molecule has 1 fully saturated rings. The van der Waals surface area contributed by atoms with Gasteiger partial charge in [-0.3, -0.25) is 9.48 Å². The SMILES string of the molecule is CCn1cc(Nc2ncc(C(F)(F)F)c(N[C@@H]3[C@H](C(=O)NCCO)[C@@H]4C=C[C@@H]3C4)n2)cn1. The minimum absolute atomic E-state index is 0.0175. The van der Waals surface area contributed by atoms with Gasteiger partial charge >= 0.3 is 6.18 Å². The van der Waals surface area contributed by atoms with Crippen LogP contribution < -0.4 is 16.0 Å². The number of hydrogen-bond acceptors (Lipinski definition) is 7. The summed E-state index contributed by atoms with van der Waals surface area (Å²) < 4.78 is 42.7. The smallest absolute Gasteiger partial charge is 0.395 e. The van der Waals surface area contributed by atoms with Gasteiger partial charge in [0.15, 0.2) is 0 Å². The number of allylic oxidation sites excluding steroid dienone is 1. The molecule has 0 aromatic carbocycles. The van der Waals surface area contributed by atoms with E-state index < -0.39 is 23.7 Å². The van der Waals surface area contributed by atoms with Crippen LogP contribution in [-0.4, -0.2) is 50.0 Å². The Labute approximate surface area is 182 Å². The number of hydrogen-bond donors (Lipinski definition) is 4. The average molecular weight is 451 g/mol. The van der Waals surface area contributed by atoms with Crippen molar-refractivity contribution in [1.29, 1.82) is 0 Å². The molecule has 1 amide bonds. The van der Waals surface area contributed by atoms with E-state index in [0.29, 0.717) is 18.7 Å². The maximum atomic E-state index is 13.7. The zero-order chi connectivity index (χ0) is 22.9. The molecule has 2 aromatic rings. The average Bonchev–Trinajstić information content (AvgIpc) is 3.47. The molecule has 0 radical (unpaired) electrons. The highest BCUT2D eigenvalue weighted by molar-refractivity contribution is 5.81. The Kier molecular flexibility index (Phi) is 6.04. The number of anilines is 3. The molecule has 2 aliphatic rings. The lowest BCUT2D eigenvalue weighted by Gasteiger charge is -2.29. The number of rotatable bonds is 8. The number of aliphatic hydroxyl groups excluding tert-OH is 1. The lowest BCUT2D eigenvalue weighted by Crippen LogP contribution is -2.44. The van der Waals surface area contributed by atoms with Gasteiger partial charge < -0.3 is 21.1 Å². The van der Waals surface area contributed by atoms with Gasteiger partial charge in [0.1, 0.15) is 11.4 Å². The van der Waals surface area contributed by atoms with Gasteiger partial charge in [-0.15, -0.1) is 0 Å². The van der Waals surface area contributed by atoms with E-state index in [9.17, 15) is 18.0 Å². The summed E-state index contributed by atoms with van der Waals surface area (Å²) in [5.74, 6) is -1.45. The van der Waals surface area contributed by atoms with Gasteiger partial charge in [0.05, 0.1) is 24.4 Å². The van der Waals surface area contributed by atoms with Gasteiger partial charge in [-0.25, -0.2) is 4.98 Å². The first-order chi connectivity index (χ1) is 15.3. The predicted molar refractivity (Wildman–Crippen MR) is 110 cm³/mol. The lowest BCUT2D eigenvalue weighted by molar-refractivity contribution is -0.137. The Morgan fingerprint density at radius 3 is 2.75 bits per heavy atom. The standard InChI is InChI=1S/C20H24F3N7O2/c1-2-30-10-13(8-26-30)27-19-25-9-14(20(21,22)23)17(29-19)28-16-12-4-3-11(7-12)15(16)18(32)24-5-6-31/h3-4,8-12,15-16,31H,2,5-7H2,1H3,(H,24,32)(H2,25,27,28,29)/t11-,12-,15-,16+/m1/s1. The second-order valence-electron chi connectivity index (χ2n) is 7.82. The lowest BCUT2D eigenvalue weighted by atomic mass is 9.88. The van der Waals surface area contributed by atoms with Crippen LogP contribution in [0.1, 0.15) is 18.9 Å². The number of fused-ring (bicyclic) bond motifs is 2. The first-order valence-corrected chi connectivity index (χ1v) is 10.4. The van der Waals surface area contributed by atoms with Crippen LogP contribution in [0.5, 0.6) is 0 Å². The molecule has 0 unspecified atom stereocenters. The number of alkyl halides is 3. The third-order valence-corrected chi connectivity index (χ3v) is 5.78. The molecular formula is C20H24F3N7O2. The summed E-state index contributed by atoms with van der Waals surface area (Å²) in [6.07, 6.45) is 3.79. The Hall–Kier alpha value is -3.15. The van der Waals surface area contributed by atoms with Gasteiger partial charge in [-0.1, -0.05) is 12.2 Å². The van der Waals surface area contributed by atoms with Crippen LogP contribution >= 0.6 is 0 Å². The summed E-state index contributed by atoms with van der Waals surface area (Å²) in [7, 11) is 0. The fourth-order valence-corrected chi connectivity index (χ4v) is 4.32. The minimum Gasteiger partial charge on any atom is -0.395 e. The topological polar surface area (TPSA) is 117 Å². The number of aliphatic hydroxyl groups is 1. The Bertz CT molecular complexity index is 1010. The van der Waals surface area contributed by atoms with Gasteiger partial charge in [0, 0.05) is 31.5 Å². The van der Waals surface area contributed by atoms with Gasteiger partial charge in [0.25, 0.3) is 0 Å². The van der Waals surface area contributed by atoms with Gasteiger partial charge in [-0.2, -0.15) is 23.3 Å².